The van der Waals surface area contributed by atoms with Crippen molar-refractivity contribution < 1.29 is 52.5 Å². The van der Waals surface area contributed by atoms with Gasteiger partial charge < -0.3 is 77.9 Å². The first-order valence-electron chi connectivity index (χ1n) is 48.7. The zero-order valence-corrected chi connectivity index (χ0v) is 82.7. The molecule has 5 amide bonds. The molecule has 0 radical (unpaired) electrons. The van der Waals surface area contributed by atoms with Crippen LogP contribution in [-0.2, 0) is 25.5 Å². The van der Waals surface area contributed by atoms with E-state index in [2.05, 4.69) is 77.5 Å². The maximum Gasteiger partial charge on any atom is 0.257 e. The van der Waals surface area contributed by atoms with Crippen molar-refractivity contribution in [2.24, 2.45) is 0 Å². The summed E-state index contributed by atoms with van der Waals surface area (Å²) >= 11 is 20.5. The fraction of sp³-hybridized carbons (Fsp3) is 0.448. The molecule has 6 saturated heterocycles. The van der Waals surface area contributed by atoms with E-state index in [1.54, 1.807) is 46.3 Å². The molecule has 4 aromatic heterocycles. The maximum absolute atomic E-state index is 13.2. The summed E-state index contributed by atoms with van der Waals surface area (Å²) in [6.45, 7) is 26.0. The molecule has 6 aliphatic heterocycles. The highest BCUT2D eigenvalue weighted by Gasteiger charge is 2.33. The number of hydrogen-bond donors (Lipinski definition) is 8. The number of nitrogens with one attached hydrogen (secondary N) is 8. The summed E-state index contributed by atoms with van der Waals surface area (Å²) in [5, 5.41) is 28.0. The van der Waals surface area contributed by atoms with Gasteiger partial charge >= 0.3 is 0 Å². The average molecular weight is 1940 g/mol. The number of likely N-dealkylation sites (tertiary alicyclic amines) is 1. The molecule has 138 heavy (non-hydrogen) atoms. The standard InChI is InChI=1S/C27H33ClN6O2.C27H34ClN5O2.C27H36N4O5.C24H27ClN4O2/c1-18-6-5-7-20(14-18)26(36)31-27-30-24-16-22(33-12-10-32(11-13-33)19(2)35)15-23(28)25(24)34(27)21-8-3-4-9-29-17-21;1-2-32-14-11-21(12-15-32)35-22-16-23(28)25-24(17-22)30-27(31-26(34)19-8-4-3-5-9-19)33(25)20-10-6-7-13-29-18-20;1-19-7-6-8-20(17-19)26(32)30-27-29-22-10-11-23(35-15-13-33-2)25(36-16-14-34-3)24(22)31(27)21-9-4-5-12-28-18-21;1-15-6-5-7-18(10-15)23(31)28-24-27-21-13-17(11-16(2)30)12-20(25)22(21)29(24)19-8-3-4-9-26-14-19/h5-7,14-16,21,29H,3-4,8-13,17H2,1-2H3,(H,30,31,36);3-5,8-9,16-17,20-21,29H,2,6-7,10-15,18H2,1H3,(H,30,31,34);6-8,10-11,17,21,28H,4-5,9,12-16,18H2,1-3H3,(H,29,30,32);5-7,10,12-13,19,26H,3-4,8-9,11,14H2,1-2H3,(H,27,28,31). The first-order valence-corrected chi connectivity index (χ1v) is 49.8. The van der Waals surface area contributed by atoms with Gasteiger partial charge in [0.1, 0.15) is 36.4 Å². The smallest absolute Gasteiger partial charge is 0.257 e. The zero-order valence-electron chi connectivity index (χ0n) is 80.4. The molecule has 0 aliphatic carbocycles. The molecule has 4 unspecified atom stereocenters. The van der Waals surface area contributed by atoms with Gasteiger partial charge in [0.25, 0.3) is 23.6 Å². The molecule has 0 saturated carbocycles. The molecule has 18 rings (SSSR count). The minimum atomic E-state index is -0.207. The van der Waals surface area contributed by atoms with Crippen LogP contribution in [0.25, 0.3) is 44.1 Å². The topological polar surface area (TPSA) is 326 Å². The van der Waals surface area contributed by atoms with Crippen LogP contribution in [0.5, 0.6) is 17.2 Å². The van der Waals surface area contributed by atoms with Gasteiger partial charge in [-0.1, -0.05) is 139 Å². The van der Waals surface area contributed by atoms with E-state index in [1.807, 2.05) is 159 Å². The number of carbonyl (C=O) groups is 6. The Bertz CT molecular complexity index is 6190. The Labute approximate surface area is 822 Å². The number of methoxy groups -OCH3 is 2. The summed E-state index contributed by atoms with van der Waals surface area (Å²) in [6, 6.07) is 47.7. The highest BCUT2D eigenvalue weighted by Crippen LogP contribution is 2.44. The third-order valence-electron chi connectivity index (χ3n) is 26.2. The molecule has 732 valence electrons. The quantitative estimate of drug-likeness (QED) is 0.0234. The number of hydrogen-bond acceptors (Lipinski definition) is 21. The number of anilines is 5. The third-order valence-corrected chi connectivity index (χ3v) is 27.1. The molecular formula is C105H130Cl3N19O11. The number of halogens is 3. The number of amides is 5. The summed E-state index contributed by atoms with van der Waals surface area (Å²) in [5.41, 5.74) is 13.4. The van der Waals surface area contributed by atoms with Crippen molar-refractivity contribution in [1.82, 2.24) is 69.3 Å². The number of nitrogens with zero attached hydrogens (tertiary/aromatic N) is 11. The monoisotopic (exact) mass is 1940 g/mol. The minimum absolute atomic E-state index is 0.0655. The summed E-state index contributed by atoms with van der Waals surface area (Å²) in [4.78, 5) is 102. The van der Waals surface area contributed by atoms with Gasteiger partial charge in [0.2, 0.25) is 29.7 Å². The Balaban J connectivity index is 0.000000140. The number of aromatic nitrogens is 8. The van der Waals surface area contributed by atoms with E-state index >= 15 is 0 Å². The van der Waals surface area contributed by atoms with E-state index in [0.29, 0.717) is 124 Å². The fourth-order valence-corrected chi connectivity index (χ4v) is 20.1. The van der Waals surface area contributed by atoms with Crippen molar-refractivity contribution in [3.05, 3.63) is 211 Å². The van der Waals surface area contributed by atoms with Gasteiger partial charge in [0.15, 0.2) is 11.5 Å². The number of Topliss-reactive ketones (excluding diaryl/α,β-unsaturated/α-hetero) is 1. The molecule has 0 bridgehead atoms. The molecule has 6 fully saturated rings. The van der Waals surface area contributed by atoms with E-state index in [0.717, 1.165) is 247 Å². The summed E-state index contributed by atoms with van der Waals surface area (Å²) in [5.74, 6) is 3.36. The van der Waals surface area contributed by atoms with Crippen molar-refractivity contribution in [3.8, 4) is 17.2 Å². The van der Waals surface area contributed by atoms with Gasteiger partial charge in [0.05, 0.1) is 66.9 Å². The Morgan fingerprint density at radius 2 is 0.826 bits per heavy atom. The lowest BCUT2D eigenvalue weighted by molar-refractivity contribution is -0.129. The van der Waals surface area contributed by atoms with E-state index in [9.17, 15) is 28.8 Å². The molecule has 0 spiro atoms. The molecule has 8 N–H and O–H groups in total. The van der Waals surface area contributed by atoms with Crippen molar-refractivity contribution in [1.29, 1.82) is 0 Å². The van der Waals surface area contributed by atoms with E-state index in [-0.39, 0.29) is 65.6 Å². The van der Waals surface area contributed by atoms with Crippen molar-refractivity contribution in [3.63, 3.8) is 0 Å². The average Bonchev–Trinajstić information content (AvgIpc) is 1.63. The van der Waals surface area contributed by atoms with Crippen LogP contribution < -0.4 is 61.6 Å². The predicted octanol–water partition coefficient (Wildman–Crippen LogP) is 18.0. The van der Waals surface area contributed by atoms with Crippen LogP contribution in [0, 0.1) is 20.8 Å². The Morgan fingerprint density at radius 3 is 1.27 bits per heavy atom. The van der Waals surface area contributed by atoms with Crippen LogP contribution >= 0.6 is 34.8 Å². The highest BCUT2D eigenvalue weighted by atomic mass is 35.5. The summed E-state index contributed by atoms with van der Waals surface area (Å²) in [7, 11) is 3.28. The number of piperazine rings is 1. The van der Waals surface area contributed by atoms with Gasteiger partial charge in [0, 0.05) is 157 Å². The molecule has 12 aromatic rings. The lowest BCUT2D eigenvalue weighted by Crippen LogP contribution is -2.48. The maximum atomic E-state index is 13.2. The summed E-state index contributed by atoms with van der Waals surface area (Å²) < 4.78 is 37.3. The number of piperidine rings is 1. The third kappa shape index (κ3) is 25.7. The Kier molecular flexibility index (Phi) is 35.7. The molecule has 8 aromatic carbocycles. The highest BCUT2D eigenvalue weighted by molar-refractivity contribution is 6.36. The molecular weight excluding hydrogens is 1810 g/mol. The van der Waals surface area contributed by atoms with Gasteiger partial charge in [-0.2, -0.15) is 0 Å². The van der Waals surface area contributed by atoms with Crippen LogP contribution in [-0.4, -0.2) is 228 Å². The lowest BCUT2D eigenvalue weighted by Gasteiger charge is -2.35. The number of ketones is 1. The Morgan fingerprint density at radius 1 is 0.413 bits per heavy atom. The van der Waals surface area contributed by atoms with Gasteiger partial charge in [-0.05, 0) is 215 Å². The van der Waals surface area contributed by atoms with Gasteiger partial charge in [-0.15, -0.1) is 0 Å². The number of carbonyl (C=O) groups excluding carboxylic acids is 6. The van der Waals surface area contributed by atoms with Crippen molar-refractivity contribution in [2.75, 3.05) is 165 Å². The van der Waals surface area contributed by atoms with Crippen molar-refractivity contribution >= 4 is 144 Å². The van der Waals surface area contributed by atoms with Crippen LogP contribution in [0.15, 0.2) is 152 Å². The number of aryl methyl sites for hydroxylation is 3. The number of fused-ring (bicyclic) bond motifs is 4. The number of rotatable bonds is 26. The van der Waals surface area contributed by atoms with E-state index in [1.165, 1.54) is 0 Å². The molecule has 33 heteroatoms. The number of benzene rings is 8. The zero-order chi connectivity index (χ0) is 96.7. The number of ether oxygens (including phenoxy) is 5. The normalized spacial score (nSPS) is 17.9. The lowest BCUT2D eigenvalue weighted by atomic mass is 10.1. The first kappa shape index (κ1) is 101. The second-order valence-electron chi connectivity index (χ2n) is 36.5. The van der Waals surface area contributed by atoms with E-state index in [4.69, 9.17) is 78.4 Å². The van der Waals surface area contributed by atoms with Gasteiger partial charge in [-0.3, -0.25) is 50.0 Å². The molecule has 10 heterocycles. The minimum Gasteiger partial charge on any atom is -0.490 e. The first-order chi connectivity index (χ1) is 67.1. The molecule has 6 aliphatic rings. The second-order valence-corrected chi connectivity index (χ2v) is 37.7. The SMILES string of the molecule is CC(=O)Cc1cc(Cl)c2c(c1)nc(NC(=O)c1cccc(C)c1)n2C1CCCCNC1.CC(=O)N1CCN(c2cc(Cl)c3c(c2)nc(NC(=O)c2cccc(C)c2)n3C2CCCCNC2)CC1.CCN1CCC(Oc2cc(Cl)c3c(c2)nc(NC(=O)c2ccccc2)n3C2CCCCNC2)CC1.COCCOc1ccc2nc(NC(=O)c3cccc(C)c3)n(C3CCCCNC3)c2c1OCCOC. The largest absolute Gasteiger partial charge is 0.490 e. The Hall–Kier alpha value is -11.6. The molecule has 30 nitrogen and oxygen atoms in total. The summed E-state index contributed by atoms with van der Waals surface area (Å²) in [6.07, 6.45) is 15.2. The van der Waals surface area contributed by atoms with Crippen molar-refractivity contribution in [2.45, 2.75) is 168 Å². The van der Waals surface area contributed by atoms with Crippen LogP contribution in [0.4, 0.5) is 29.5 Å². The fourth-order valence-electron chi connectivity index (χ4n) is 19.2. The van der Waals surface area contributed by atoms with E-state index < -0.39 is 0 Å². The van der Waals surface area contributed by atoms with Crippen LogP contribution in [0.3, 0.4) is 0 Å². The second kappa shape index (κ2) is 48.8. The van der Waals surface area contributed by atoms with Gasteiger partial charge in [-0.25, -0.2) is 19.9 Å². The van der Waals surface area contributed by atoms with Crippen LogP contribution in [0.2, 0.25) is 15.1 Å². The predicted molar refractivity (Wildman–Crippen MR) is 548 cm³/mol. The molecule has 4 atom stereocenters. The number of imidazole rings is 4. The van der Waals surface area contributed by atoms with Crippen LogP contribution in [0.1, 0.15) is 199 Å².